The first-order valence-electron chi connectivity index (χ1n) is 8.40. The number of nitro groups is 1. The number of ether oxygens (including phenoxy) is 2. The van der Waals surface area contributed by atoms with Crippen LogP contribution >= 0.6 is 0 Å². The van der Waals surface area contributed by atoms with E-state index >= 15 is 0 Å². The second-order valence-electron chi connectivity index (χ2n) is 6.06. The zero-order valence-electron chi connectivity index (χ0n) is 15.6. The third-order valence-corrected chi connectivity index (χ3v) is 4.33. The van der Waals surface area contributed by atoms with Crippen LogP contribution in [-0.2, 0) is 6.54 Å². The summed E-state index contributed by atoms with van der Waals surface area (Å²) in [6, 6.07) is 8.25. The molecule has 1 unspecified atom stereocenters. The van der Waals surface area contributed by atoms with Crippen molar-refractivity contribution in [1.29, 1.82) is 0 Å². The van der Waals surface area contributed by atoms with Crippen molar-refractivity contribution in [3.8, 4) is 11.6 Å². The average molecular weight is 385 g/mol. The number of hydrogen-bond acceptors (Lipinski definition) is 7. The minimum atomic E-state index is -0.541. The van der Waals surface area contributed by atoms with Crippen molar-refractivity contribution in [1.82, 2.24) is 19.6 Å². The van der Waals surface area contributed by atoms with Crippen LogP contribution in [0.5, 0.6) is 11.6 Å². The Morgan fingerprint density at radius 1 is 1.21 bits per heavy atom. The Hall–Kier alpha value is -3.69. The Kier molecular flexibility index (Phi) is 5.39. The summed E-state index contributed by atoms with van der Waals surface area (Å²) in [6.07, 6.45) is 2.43. The molecule has 0 aliphatic rings. The fourth-order valence-corrected chi connectivity index (χ4v) is 2.72. The molecule has 3 aromatic rings. The van der Waals surface area contributed by atoms with Crippen LogP contribution in [0, 0.1) is 10.1 Å². The van der Waals surface area contributed by atoms with Gasteiger partial charge in [-0.25, -0.2) is 4.68 Å². The molecular formula is C18H19N5O5. The summed E-state index contributed by atoms with van der Waals surface area (Å²) in [6.45, 7) is 1.96. The number of rotatable bonds is 7. The number of nitrogens with zero attached hydrogens (tertiary/aromatic N) is 5. The minimum absolute atomic E-state index is 0.147. The van der Waals surface area contributed by atoms with Gasteiger partial charge in [0.2, 0.25) is 5.88 Å². The van der Waals surface area contributed by atoms with Gasteiger partial charge in [0.25, 0.3) is 5.56 Å². The summed E-state index contributed by atoms with van der Waals surface area (Å²) in [5.41, 5.74) is 0.740. The molecule has 0 fully saturated rings. The van der Waals surface area contributed by atoms with E-state index in [4.69, 9.17) is 9.47 Å². The lowest BCUT2D eigenvalue weighted by Crippen LogP contribution is -2.29. The molecule has 1 atom stereocenters. The highest BCUT2D eigenvalue weighted by molar-refractivity contribution is 5.28. The molecule has 0 radical (unpaired) electrons. The summed E-state index contributed by atoms with van der Waals surface area (Å²) in [5.74, 6) is 0.973. The molecule has 1 aromatic carbocycles. The summed E-state index contributed by atoms with van der Waals surface area (Å²) >= 11 is 0. The van der Waals surface area contributed by atoms with Gasteiger partial charge in [0.15, 0.2) is 0 Å². The van der Waals surface area contributed by atoms with Gasteiger partial charge in [-0.05, 0) is 24.6 Å². The van der Waals surface area contributed by atoms with E-state index in [9.17, 15) is 14.9 Å². The predicted molar refractivity (Wildman–Crippen MR) is 99.8 cm³/mol. The van der Waals surface area contributed by atoms with Crippen LogP contribution < -0.4 is 15.0 Å². The number of methoxy groups -OCH3 is 2. The zero-order chi connectivity index (χ0) is 20.3. The van der Waals surface area contributed by atoms with E-state index < -0.39 is 11.0 Å². The maximum atomic E-state index is 13.0. The maximum Gasteiger partial charge on any atom is 0.307 e. The second-order valence-corrected chi connectivity index (χ2v) is 6.06. The third kappa shape index (κ3) is 3.85. The summed E-state index contributed by atoms with van der Waals surface area (Å²) in [7, 11) is 3.04. The molecular weight excluding hydrogens is 366 g/mol. The van der Waals surface area contributed by atoms with Gasteiger partial charge in [-0.15, -0.1) is 5.10 Å². The molecule has 146 valence electrons. The molecule has 28 heavy (non-hydrogen) atoms. The normalized spacial score (nSPS) is 11.8. The van der Waals surface area contributed by atoms with Gasteiger partial charge in [0.05, 0.1) is 31.7 Å². The van der Waals surface area contributed by atoms with Crippen molar-refractivity contribution >= 4 is 5.69 Å². The number of hydrogen-bond donors (Lipinski definition) is 0. The first-order chi connectivity index (χ1) is 13.4. The maximum absolute atomic E-state index is 13.0. The molecule has 3 rings (SSSR count). The molecule has 0 aliphatic carbocycles. The minimum Gasteiger partial charge on any atom is -0.497 e. The van der Waals surface area contributed by atoms with E-state index in [1.807, 2.05) is 12.1 Å². The van der Waals surface area contributed by atoms with Gasteiger partial charge >= 0.3 is 5.69 Å². The molecule has 2 aromatic heterocycles. The molecule has 0 amide bonds. The third-order valence-electron chi connectivity index (χ3n) is 4.33. The Morgan fingerprint density at radius 2 is 1.93 bits per heavy atom. The van der Waals surface area contributed by atoms with E-state index in [1.165, 1.54) is 28.7 Å². The van der Waals surface area contributed by atoms with Crippen molar-refractivity contribution in [2.45, 2.75) is 19.5 Å². The van der Waals surface area contributed by atoms with Crippen LogP contribution in [0.15, 0.2) is 47.5 Å². The average Bonchev–Trinajstić information content (AvgIpc) is 3.20. The summed E-state index contributed by atoms with van der Waals surface area (Å²) < 4.78 is 13.0. The SMILES string of the molecule is COc1ccc(Cn2nc(OC)cc(C(C)n3cc([N+](=O)[O-])cn3)c2=O)cc1. The lowest BCUT2D eigenvalue weighted by molar-refractivity contribution is -0.385. The molecule has 10 nitrogen and oxygen atoms in total. The first-order valence-corrected chi connectivity index (χ1v) is 8.40. The molecule has 0 aliphatic heterocycles. The summed E-state index contributed by atoms with van der Waals surface area (Å²) in [4.78, 5) is 23.3. The first kappa shape index (κ1) is 19.1. The van der Waals surface area contributed by atoms with Crippen molar-refractivity contribution in [3.05, 3.63) is 74.3 Å². The molecule has 0 saturated carbocycles. The van der Waals surface area contributed by atoms with Gasteiger partial charge in [0.1, 0.15) is 18.1 Å². The Balaban J connectivity index is 1.97. The van der Waals surface area contributed by atoms with Crippen LogP contribution in [0.4, 0.5) is 5.69 Å². The Bertz CT molecular complexity index is 1040. The molecule has 0 bridgehead atoms. The topological polar surface area (TPSA) is 114 Å². The monoisotopic (exact) mass is 385 g/mol. The van der Waals surface area contributed by atoms with E-state index in [0.29, 0.717) is 11.3 Å². The van der Waals surface area contributed by atoms with Crippen molar-refractivity contribution in [3.63, 3.8) is 0 Å². The molecule has 0 saturated heterocycles. The molecule has 0 N–H and O–H groups in total. The van der Waals surface area contributed by atoms with E-state index in [1.54, 1.807) is 26.2 Å². The predicted octanol–water partition coefficient (Wildman–Crippen LogP) is 2.02. The second kappa shape index (κ2) is 7.91. The van der Waals surface area contributed by atoms with E-state index in [-0.39, 0.29) is 23.7 Å². The van der Waals surface area contributed by atoms with Crippen molar-refractivity contribution < 1.29 is 14.4 Å². The lowest BCUT2D eigenvalue weighted by atomic mass is 10.1. The standard InChI is InChI=1S/C18H19N5O5/c1-12(21-11-14(9-19-21)23(25)26)16-8-17(28-3)20-22(18(16)24)10-13-4-6-15(27-2)7-5-13/h4-9,11-12H,10H2,1-3H3. The van der Waals surface area contributed by atoms with E-state index in [0.717, 1.165) is 11.8 Å². The van der Waals surface area contributed by atoms with Crippen LogP contribution in [0.1, 0.15) is 24.1 Å². The highest BCUT2D eigenvalue weighted by Crippen LogP contribution is 2.20. The largest absolute Gasteiger partial charge is 0.497 e. The fraction of sp³-hybridized carbons (Fsp3) is 0.278. The number of aromatic nitrogens is 4. The highest BCUT2D eigenvalue weighted by Gasteiger charge is 2.20. The summed E-state index contributed by atoms with van der Waals surface area (Å²) in [5, 5.41) is 19.1. The van der Waals surface area contributed by atoms with Crippen molar-refractivity contribution in [2.24, 2.45) is 0 Å². The zero-order valence-corrected chi connectivity index (χ0v) is 15.6. The van der Waals surface area contributed by atoms with E-state index in [2.05, 4.69) is 10.2 Å². The smallest absolute Gasteiger partial charge is 0.307 e. The molecule has 10 heteroatoms. The van der Waals surface area contributed by atoms with Crippen LogP contribution in [0.25, 0.3) is 0 Å². The molecule has 0 spiro atoms. The van der Waals surface area contributed by atoms with Gasteiger partial charge < -0.3 is 9.47 Å². The highest BCUT2D eigenvalue weighted by atomic mass is 16.6. The van der Waals surface area contributed by atoms with Gasteiger partial charge in [-0.1, -0.05) is 12.1 Å². The van der Waals surface area contributed by atoms with Gasteiger partial charge in [0, 0.05) is 11.6 Å². The van der Waals surface area contributed by atoms with Crippen molar-refractivity contribution in [2.75, 3.05) is 14.2 Å². The fourth-order valence-electron chi connectivity index (χ4n) is 2.72. The Labute approximate surface area is 160 Å². The van der Waals surface area contributed by atoms with Crippen LogP contribution in [0.2, 0.25) is 0 Å². The lowest BCUT2D eigenvalue weighted by Gasteiger charge is -2.15. The van der Waals surface area contributed by atoms with Gasteiger partial charge in [-0.3, -0.25) is 19.6 Å². The number of benzene rings is 1. The quantitative estimate of drug-likeness (QED) is 0.451. The van der Waals surface area contributed by atoms with Crippen LogP contribution in [-0.4, -0.2) is 38.7 Å². The molecule has 2 heterocycles. The Morgan fingerprint density at radius 3 is 2.50 bits per heavy atom. The van der Waals surface area contributed by atoms with Crippen LogP contribution in [0.3, 0.4) is 0 Å². The van der Waals surface area contributed by atoms with Gasteiger partial charge in [-0.2, -0.15) is 5.10 Å².